The Balaban J connectivity index is 3.15. The summed E-state index contributed by atoms with van der Waals surface area (Å²) in [4.78, 5) is 25.4. The number of carboxylic acids is 2. The van der Waals surface area contributed by atoms with Gasteiger partial charge in [-0.05, 0) is 34.7 Å². The number of aliphatic carboxylic acids is 2. The number of halogens is 3. The van der Waals surface area contributed by atoms with E-state index in [1.807, 2.05) is 22.6 Å². The highest BCUT2D eigenvalue weighted by Crippen LogP contribution is 2.32. The van der Waals surface area contributed by atoms with E-state index in [4.69, 9.17) is 33.4 Å². The highest BCUT2D eigenvalue weighted by atomic mass is 127. The number of rotatable bonds is 5. The van der Waals surface area contributed by atoms with Crippen LogP contribution >= 0.6 is 45.8 Å². The first-order valence-electron chi connectivity index (χ1n) is 5.16. The van der Waals surface area contributed by atoms with Gasteiger partial charge < -0.3 is 10.2 Å². The Bertz CT molecular complexity index is 614. The molecule has 1 aromatic carbocycles. The van der Waals surface area contributed by atoms with Crippen LogP contribution in [0.1, 0.15) is 6.42 Å². The van der Waals surface area contributed by atoms with E-state index in [-0.39, 0.29) is 12.1 Å². The van der Waals surface area contributed by atoms with Gasteiger partial charge in [0.2, 0.25) is 0 Å². The molecular weight excluding hydrogens is 420 g/mol. The van der Waals surface area contributed by atoms with Crippen molar-refractivity contribution in [2.45, 2.75) is 6.42 Å². The smallest absolute Gasteiger partial charge is 0.350 e. The number of aliphatic imine (C=N–C) groups is 1. The van der Waals surface area contributed by atoms with Crippen molar-refractivity contribution in [2.24, 2.45) is 4.99 Å². The van der Waals surface area contributed by atoms with Crippen molar-refractivity contribution in [1.82, 2.24) is 0 Å². The van der Waals surface area contributed by atoms with E-state index < -0.39 is 11.9 Å². The van der Waals surface area contributed by atoms with Crippen molar-refractivity contribution in [3.63, 3.8) is 0 Å². The molecule has 0 aromatic heterocycles. The zero-order valence-corrected chi connectivity index (χ0v) is 13.5. The van der Waals surface area contributed by atoms with Crippen LogP contribution in [0.4, 0.5) is 5.69 Å². The van der Waals surface area contributed by atoms with Crippen LogP contribution in [0.2, 0.25) is 10.0 Å². The molecule has 0 aliphatic heterocycles. The monoisotopic (exact) mass is 427 g/mol. The van der Waals surface area contributed by atoms with E-state index in [2.05, 4.69) is 4.99 Å². The molecule has 8 heteroatoms. The number of allylic oxidation sites excluding steroid dienone is 1. The third-order valence-corrected chi connectivity index (χ3v) is 4.02. The largest absolute Gasteiger partial charge is 0.478 e. The van der Waals surface area contributed by atoms with E-state index in [0.29, 0.717) is 19.3 Å². The second-order valence-corrected chi connectivity index (χ2v) is 5.45. The number of benzene rings is 1. The minimum absolute atomic E-state index is 0.123. The van der Waals surface area contributed by atoms with Crippen molar-refractivity contribution in [3.8, 4) is 0 Å². The minimum Gasteiger partial charge on any atom is -0.478 e. The third kappa shape index (κ3) is 5.10. The lowest BCUT2D eigenvalue weighted by molar-refractivity contribution is -0.131. The topological polar surface area (TPSA) is 87.0 Å². The first-order chi connectivity index (χ1) is 9.31. The lowest BCUT2D eigenvalue weighted by Crippen LogP contribution is -2.11. The van der Waals surface area contributed by atoms with Crippen molar-refractivity contribution in [3.05, 3.63) is 37.9 Å². The number of hydrogen-bond donors (Lipinski definition) is 2. The summed E-state index contributed by atoms with van der Waals surface area (Å²) in [6.07, 6.45) is 1.94. The summed E-state index contributed by atoms with van der Waals surface area (Å²) in [5.41, 5.74) is 0.114. The maximum atomic E-state index is 11.1. The number of carboxylic acid groups (broad SMARTS) is 2. The quantitative estimate of drug-likeness (QED) is 0.324. The van der Waals surface area contributed by atoms with E-state index in [1.165, 1.54) is 18.2 Å². The Morgan fingerprint density at radius 3 is 2.50 bits per heavy atom. The van der Waals surface area contributed by atoms with Gasteiger partial charge in [0, 0.05) is 17.5 Å². The molecule has 0 saturated carbocycles. The Morgan fingerprint density at radius 1 is 1.30 bits per heavy atom. The second kappa shape index (κ2) is 7.61. The van der Waals surface area contributed by atoms with Gasteiger partial charge in [-0.3, -0.25) is 0 Å². The molecule has 20 heavy (non-hydrogen) atoms. The standard InChI is InChI=1S/C12H8Cl2INO4/c13-6-4-7(14)11(15)9(5-6)16-8(12(19)20)2-1-3-10(17)18/h1,3-5H,2H2,(H,17,18)(H,19,20)/b3-1+,16-8?. The average Bonchev–Trinajstić information content (AvgIpc) is 2.33. The van der Waals surface area contributed by atoms with Crippen molar-refractivity contribution < 1.29 is 19.8 Å². The highest BCUT2D eigenvalue weighted by molar-refractivity contribution is 14.1. The fourth-order valence-electron chi connectivity index (χ4n) is 1.22. The summed E-state index contributed by atoms with van der Waals surface area (Å²) in [6, 6.07) is 3.01. The van der Waals surface area contributed by atoms with Gasteiger partial charge in [-0.25, -0.2) is 14.6 Å². The van der Waals surface area contributed by atoms with Crippen LogP contribution in [0.15, 0.2) is 29.3 Å². The zero-order chi connectivity index (χ0) is 15.3. The van der Waals surface area contributed by atoms with E-state index in [1.54, 1.807) is 0 Å². The predicted octanol–water partition coefficient (Wildman–Crippen LogP) is 3.79. The molecule has 106 valence electrons. The van der Waals surface area contributed by atoms with Gasteiger partial charge in [-0.1, -0.05) is 29.3 Å². The van der Waals surface area contributed by atoms with Gasteiger partial charge in [0.15, 0.2) is 0 Å². The van der Waals surface area contributed by atoms with Crippen molar-refractivity contribution >= 4 is 69.1 Å². The zero-order valence-electron chi connectivity index (χ0n) is 9.81. The molecule has 0 aliphatic rings. The van der Waals surface area contributed by atoms with Crippen molar-refractivity contribution in [1.29, 1.82) is 0 Å². The lowest BCUT2D eigenvalue weighted by atomic mass is 10.2. The molecule has 0 atom stereocenters. The van der Waals surface area contributed by atoms with Crippen LogP contribution in [-0.2, 0) is 9.59 Å². The number of nitrogens with zero attached hydrogens (tertiary/aromatic N) is 1. The van der Waals surface area contributed by atoms with Crippen LogP contribution in [-0.4, -0.2) is 27.9 Å². The summed E-state index contributed by atoms with van der Waals surface area (Å²) in [5, 5.41) is 18.2. The maximum absolute atomic E-state index is 11.1. The van der Waals surface area contributed by atoms with Crippen LogP contribution in [0.25, 0.3) is 0 Å². The van der Waals surface area contributed by atoms with Gasteiger partial charge in [-0.2, -0.15) is 0 Å². The second-order valence-electron chi connectivity index (χ2n) is 3.53. The van der Waals surface area contributed by atoms with Gasteiger partial charge in [-0.15, -0.1) is 0 Å². The normalized spacial score (nSPS) is 11.8. The summed E-state index contributed by atoms with van der Waals surface area (Å²) in [6.45, 7) is 0. The SMILES string of the molecule is O=C(O)/C=C/CC(=Nc1cc(Cl)cc(Cl)c1I)C(=O)O. The van der Waals surface area contributed by atoms with Gasteiger partial charge in [0.25, 0.3) is 0 Å². The molecule has 2 N–H and O–H groups in total. The summed E-state index contributed by atoms with van der Waals surface area (Å²) >= 11 is 13.7. The number of hydrogen-bond acceptors (Lipinski definition) is 3. The van der Waals surface area contributed by atoms with E-state index in [9.17, 15) is 9.59 Å². The maximum Gasteiger partial charge on any atom is 0.350 e. The molecular formula is C12H8Cl2INO4. The van der Waals surface area contributed by atoms with Gasteiger partial charge >= 0.3 is 11.9 Å². The summed E-state index contributed by atoms with van der Waals surface area (Å²) in [5.74, 6) is -2.40. The Hall–Kier alpha value is -1.12. The molecule has 0 fully saturated rings. The first-order valence-corrected chi connectivity index (χ1v) is 6.99. The number of carbonyl (C=O) groups is 2. The summed E-state index contributed by atoms with van der Waals surface area (Å²) in [7, 11) is 0. The average molecular weight is 428 g/mol. The summed E-state index contributed by atoms with van der Waals surface area (Å²) < 4.78 is 0.564. The van der Waals surface area contributed by atoms with E-state index in [0.717, 1.165) is 6.08 Å². The fourth-order valence-corrected chi connectivity index (χ4v) is 2.14. The molecule has 0 unspecified atom stereocenters. The third-order valence-electron chi connectivity index (χ3n) is 2.05. The van der Waals surface area contributed by atoms with Crippen LogP contribution in [0.5, 0.6) is 0 Å². The Kier molecular flexibility index (Phi) is 6.44. The van der Waals surface area contributed by atoms with Crippen LogP contribution in [0, 0.1) is 3.57 Å². The fraction of sp³-hybridized carbons (Fsp3) is 0.0833. The molecule has 0 heterocycles. The van der Waals surface area contributed by atoms with E-state index >= 15 is 0 Å². The molecule has 0 radical (unpaired) electrons. The first kappa shape index (κ1) is 16.9. The predicted molar refractivity (Wildman–Crippen MR) is 85.3 cm³/mol. The molecule has 0 amide bonds. The lowest BCUT2D eigenvalue weighted by Gasteiger charge is -2.04. The Labute approximate surface area is 138 Å². The molecule has 0 bridgehead atoms. The molecule has 5 nitrogen and oxygen atoms in total. The van der Waals surface area contributed by atoms with Gasteiger partial charge in [0.1, 0.15) is 5.71 Å². The molecule has 1 aromatic rings. The van der Waals surface area contributed by atoms with Gasteiger partial charge in [0.05, 0.1) is 14.3 Å². The highest BCUT2D eigenvalue weighted by Gasteiger charge is 2.11. The Morgan fingerprint density at radius 2 is 1.95 bits per heavy atom. The molecule has 1 rings (SSSR count). The molecule has 0 aliphatic carbocycles. The van der Waals surface area contributed by atoms with Crippen LogP contribution < -0.4 is 0 Å². The van der Waals surface area contributed by atoms with Crippen molar-refractivity contribution in [2.75, 3.05) is 0 Å². The minimum atomic E-state index is -1.24. The molecule has 0 spiro atoms. The molecule has 0 saturated heterocycles. The van der Waals surface area contributed by atoms with Crippen LogP contribution in [0.3, 0.4) is 0 Å².